The molecule has 0 spiro atoms. The van der Waals surface area contributed by atoms with Crippen molar-refractivity contribution in [2.24, 2.45) is 0 Å². The van der Waals surface area contributed by atoms with Gasteiger partial charge in [-0.3, -0.25) is 15.0 Å². The van der Waals surface area contributed by atoms with Crippen LogP contribution in [-0.2, 0) is 6.42 Å². The summed E-state index contributed by atoms with van der Waals surface area (Å²) >= 11 is 0. The minimum Gasteiger partial charge on any atom is -0.254 e. The van der Waals surface area contributed by atoms with Gasteiger partial charge in [-0.2, -0.15) is 0 Å². The Kier molecular flexibility index (Phi) is 4.71. The predicted octanol–water partition coefficient (Wildman–Crippen LogP) is 7.45. The molecule has 0 atom stereocenters. The van der Waals surface area contributed by atoms with Crippen LogP contribution in [0.4, 0.5) is 0 Å². The summed E-state index contributed by atoms with van der Waals surface area (Å²) in [5, 5.41) is 4.40. The summed E-state index contributed by atoms with van der Waals surface area (Å²) in [5.41, 5.74) is 8.99. The van der Waals surface area contributed by atoms with Crippen LogP contribution < -0.4 is 0 Å². The Hall–Kier alpha value is -4.70. The van der Waals surface area contributed by atoms with E-state index in [1.54, 1.807) is 0 Å². The van der Waals surface area contributed by atoms with Crippen molar-refractivity contribution in [1.29, 1.82) is 0 Å². The molecule has 7 rings (SSSR count). The maximum absolute atomic E-state index is 5.06. The van der Waals surface area contributed by atoms with E-state index >= 15 is 0 Å². The molecule has 0 aliphatic rings. The average Bonchev–Trinajstić information content (AvgIpc) is 2.93. The van der Waals surface area contributed by atoms with E-state index in [0.29, 0.717) is 6.42 Å². The molecule has 0 aliphatic carbocycles. The van der Waals surface area contributed by atoms with Crippen LogP contribution in [0.5, 0.6) is 0 Å². The average molecular weight is 463 g/mol. The van der Waals surface area contributed by atoms with Gasteiger partial charge < -0.3 is 0 Å². The maximum atomic E-state index is 5.06. The first kappa shape index (κ1) is 20.7. The van der Waals surface area contributed by atoms with E-state index in [1.165, 1.54) is 5.56 Å². The molecule has 0 fully saturated rings. The van der Waals surface area contributed by atoms with Crippen LogP contribution in [-0.4, -0.2) is 19.9 Å². The Balaban J connectivity index is 1.40. The molecule has 3 aromatic carbocycles. The number of benzene rings is 3. The van der Waals surface area contributed by atoms with Crippen molar-refractivity contribution < 1.29 is 0 Å². The SMILES string of the molecule is Cc1ccc2c(Cc3ccc4ccc5cccnc5c4n3)cc3ccc(-c4ccccc4)nc3c2n1. The molecule has 0 bridgehead atoms. The lowest BCUT2D eigenvalue weighted by Gasteiger charge is -2.12. The number of hydrogen-bond donors (Lipinski definition) is 0. The molecule has 4 heteroatoms. The lowest BCUT2D eigenvalue weighted by Crippen LogP contribution is -1.98. The normalized spacial score (nSPS) is 11.6. The molecule has 7 aromatic rings. The van der Waals surface area contributed by atoms with E-state index in [1.807, 2.05) is 37.4 Å². The van der Waals surface area contributed by atoms with Gasteiger partial charge in [0.1, 0.15) is 0 Å². The van der Waals surface area contributed by atoms with E-state index in [4.69, 9.17) is 15.0 Å². The third kappa shape index (κ3) is 3.46. The van der Waals surface area contributed by atoms with Gasteiger partial charge in [0.15, 0.2) is 0 Å². The highest BCUT2D eigenvalue weighted by atomic mass is 14.8. The van der Waals surface area contributed by atoms with Gasteiger partial charge >= 0.3 is 0 Å². The maximum Gasteiger partial charge on any atom is 0.0972 e. The van der Waals surface area contributed by atoms with E-state index in [2.05, 4.69) is 77.8 Å². The number of aryl methyl sites for hydroxylation is 1. The molecule has 36 heavy (non-hydrogen) atoms. The van der Waals surface area contributed by atoms with Gasteiger partial charge in [-0.05, 0) is 42.8 Å². The van der Waals surface area contributed by atoms with Crippen molar-refractivity contribution in [3.8, 4) is 11.3 Å². The number of nitrogens with zero attached hydrogens (tertiary/aromatic N) is 4. The van der Waals surface area contributed by atoms with Gasteiger partial charge in [-0.25, -0.2) is 4.98 Å². The molecule has 0 aliphatic heterocycles. The van der Waals surface area contributed by atoms with Crippen LogP contribution >= 0.6 is 0 Å². The smallest absolute Gasteiger partial charge is 0.0972 e. The van der Waals surface area contributed by atoms with Crippen molar-refractivity contribution in [2.45, 2.75) is 13.3 Å². The Labute approximate surface area is 208 Å². The predicted molar refractivity (Wildman–Crippen MR) is 147 cm³/mol. The van der Waals surface area contributed by atoms with Gasteiger partial charge in [0.2, 0.25) is 0 Å². The molecule has 4 aromatic heterocycles. The van der Waals surface area contributed by atoms with Crippen LogP contribution in [0.15, 0.2) is 103 Å². The number of hydrogen-bond acceptors (Lipinski definition) is 4. The van der Waals surface area contributed by atoms with Crippen molar-refractivity contribution >= 4 is 43.6 Å². The number of aromatic nitrogens is 4. The van der Waals surface area contributed by atoms with E-state index < -0.39 is 0 Å². The fourth-order valence-corrected chi connectivity index (χ4v) is 5.01. The van der Waals surface area contributed by atoms with Gasteiger partial charge in [0.25, 0.3) is 0 Å². The van der Waals surface area contributed by atoms with Gasteiger partial charge in [-0.1, -0.05) is 66.7 Å². The summed E-state index contributed by atoms with van der Waals surface area (Å²) in [5.74, 6) is 0. The minimum atomic E-state index is 0.705. The molecular formula is C32H22N4. The number of rotatable bonds is 3. The fraction of sp³-hybridized carbons (Fsp3) is 0.0625. The molecule has 4 nitrogen and oxygen atoms in total. The van der Waals surface area contributed by atoms with E-state index in [9.17, 15) is 0 Å². The van der Waals surface area contributed by atoms with Crippen molar-refractivity contribution in [2.75, 3.05) is 0 Å². The third-order valence-electron chi connectivity index (χ3n) is 6.79. The number of fused-ring (bicyclic) bond motifs is 6. The molecule has 170 valence electrons. The first-order chi connectivity index (χ1) is 17.7. The Bertz CT molecular complexity index is 1930. The molecule has 0 saturated carbocycles. The lowest BCUT2D eigenvalue weighted by molar-refractivity contribution is 1.11. The fourth-order valence-electron chi connectivity index (χ4n) is 5.01. The Morgan fingerprint density at radius 2 is 1.36 bits per heavy atom. The highest BCUT2D eigenvalue weighted by Gasteiger charge is 2.13. The third-order valence-corrected chi connectivity index (χ3v) is 6.79. The monoisotopic (exact) mass is 462 g/mol. The lowest BCUT2D eigenvalue weighted by atomic mass is 9.98. The summed E-state index contributed by atoms with van der Waals surface area (Å²) in [7, 11) is 0. The zero-order valence-corrected chi connectivity index (χ0v) is 19.8. The molecule has 0 N–H and O–H groups in total. The second kappa shape index (κ2) is 8.21. The second-order valence-electron chi connectivity index (χ2n) is 9.21. The highest BCUT2D eigenvalue weighted by molar-refractivity contribution is 6.05. The Morgan fingerprint density at radius 1 is 0.583 bits per heavy atom. The number of pyridine rings is 4. The molecule has 0 unspecified atom stereocenters. The molecule has 4 heterocycles. The van der Waals surface area contributed by atoms with E-state index in [0.717, 1.165) is 66.3 Å². The van der Waals surface area contributed by atoms with Crippen LogP contribution in [0, 0.1) is 6.92 Å². The van der Waals surface area contributed by atoms with E-state index in [-0.39, 0.29) is 0 Å². The highest BCUT2D eigenvalue weighted by Crippen LogP contribution is 2.31. The van der Waals surface area contributed by atoms with Crippen molar-refractivity contribution in [3.05, 3.63) is 120 Å². The molecular weight excluding hydrogens is 440 g/mol. The van der Waals surface area contributed by atoms with Crippen molar-refractivity contribution in [1.82, 2.24) is 19.9 Å². The largest absolute Gasteiger partial charge is 0.254 e. The first-order valence-electron chi connectivity index (χ1n) is 12.1. The minimum absolute atomic E-state index is 0.705. The molecule has 0 radical (unpaired) electrons. The summed E-state index contributed by atoms with van der Waals surface area (Å²) in [6.07, 6.45) is 2.54. The summed E-state index contributed by atoms with van der Waals surface area (Å²) in [6, 6.07) is 33.5. The zero-order valence-electron chi connectivity index (χ0n) is 19.8. The standard InChI is InChI=1S/C32H22N4/c1-20-9-15-27-25(19-26-14-12-23-11-10-22-8-5-17-33-29(22)30(23)35-26)18-24-13-16-28(21-6-3-2-4-7-21)36-31(24)32(27)34-20/h2-18H,19H2,1H3. The van der Waals surface area contributed by atoms with Crippen LogP contribution in [0.2, 0.25) is 0 Å². The summed E-state index contributed by atoms with van der Waals surface area (Å²) in [4.78, 5) is 19.7. The second-order valence-corrected chi connectivity index (χ2v) is 9.21. The topological polar surface area (TPSA) is 51.6 Å². The van der Waals surface area contributed by atoms with Crippen molar-refractivity contribution in [3.63, 3.8) is 0 Å². The van der Waals surface area contributed by atoms with Crippen LogP contribution in [0.1, 0.15) is 17.0 Å². The van der Waals surface area contributed by atoms with Crippen LogP contribution in [0.25, 0.3) is 54.9 Å². The Morgan fingerprint density at radius 3 is 2.25 bits per heavy atom. The van der Waals surface area contributed by atoms with Gasteiger partial charge in [0.05, 0.1) is 27.8 Å². The van der Waals surface area contributed by atoms with Gasteiger partial charge in [-0.15, -0.1) is 0 Å². The summed E-state index contributed by atoms with van der Waals surface area (Å²) in [6.45, 7) is 2.03. The van der Waals surface area contributed by atoms with Gasteiger partial charge in [0, 0.05) is 51.1 Å². The molecule has 0 amide bonds. The zero-order chi connectivity index (χ0) is 24.1. The first-order valence-corrected chi connectivity index (χ1v) is 12.1. The molecule has 0 saturated heterocycles. The quantitative estimate of drug-likeness (QED) is 0.256. The van der Waals surface area contributed by atoms with Crippen LogP contribution in [0.3, 0.4) is 0 Å². The summed E-state index contributed by atoms with van der Waals surface area (Å²) < 4.78 is 0.